The molecule has 4 rings (SSSR count). The summed E-state index contributed by atoms with van der Waals surface area (Å²) in [4.78, 5) is 16.0. The lowest BCUT2D eigenvalue weighted by Crippen LogP contribution is -2.50. The van der Waals surface area contributed by atoms with Crippen molar-refractivity contribution in [2.75, 3.05) is 19.7 Å². The number of likely N-dealkylation sites (tertiary alicyclic amines) is 1. The highest BCUT2D eigenvalue weighted by molar-refractivity contribution is 5.94. The molecule has 2 aromatic heterocycles. The lowest BCUT2D eigenvalue weighted by Gasteiger charge is -2.38. The molecule has 9 nitrogen and oxygen atoms in total. The fourth-order valence-corrected chi connectivity index (χ4v) is 3.03. The minimum atomic E-state index is 0.0254. The Labute approximate surface area is 162 Å². The van der Waals surface area contributed by atoms with Crippen LogP contribution in [-0.2, 0) is 6.54 Å². The van der Waals surface area contributed by atoms with Gasteiger partial charge in [0.05, 0.1) is 31.2 Å². The van der Waals surface area contributed by atoms with Crippen LogP contribution in [0.3, 0.4) is 0 Å². The number of hydrogen-bond donors (Lipinski definition) is 0. The lowest BCUT2D eigenvalue weighted by molar-refractivity contribution is 0.0498. The third-order valence-corrected chi connectivity index (χ3v) is 4.72. The SMILES string of the molecule is CCCCOc1ccc(C(=O)N2CC(n3cc(Cn4nccn4)nn3)C2)cc1. The minimum Gasteiger partial charge on any atom is -0.494 e. The molecule has 0 spiro atoms. The second-order valence-corrected chi connectivity index (χ2v) is 6.84. The van der Waals surface area contributed by atoms with E-state index in [4.69, 9.17) is 4.74 Å². The average molecular weight is 381 g/mol. The largest absolute Gasteiger partial charge is 0.494 e. The van der Waals surface area contributed by atoms with Crippen LogP contribution in [0.1, 0.15) is 41.9 Å². The first kappa shape index (κ1) is 18.1. The van der Waals surface area contributed by atoms with Gasteiger partial charge in [0.1, 0.15) is 18.0 Å². The maximum absolute atomic E-state index is 12.6. The summed E-state index contributed by atoms with van der Waals surface area (Å²) in [5, 5.41) is 16.5. The van der Waals surface area contributed by atoms with Crippen LogP contribution in [0.15, 0.2) is 42.9 Å². The van der Waals surface area contributed by atoms with Gasteiger partial charge >= 0.3 is 0 Å². The highest BCUT2D eigenvalue weighted by Crippen LogP contribution is 2.23. The van der Waals surface area contributed by atoms with Crippen LogP contribution in [0.2, 0.25) is 0 Å². The molecular formula is C19H23N7O2. The first-order chi connectivity index (χ1) is 13.7. The van der Waals surface area contributed by atoms with E-state index >= 15 is 0 Å². The quantitative estimate of drug-likeness (QED) is 0.553. The van der Waals surface area contributed by atoms with Gasteiger partial charge in [0.2, 0.25) is 0 Å². The summed E-state index contributed by atoms with van der Waals surface area (Å²) in [6.45, 7) is 4.55. The molecule has 1 aliphatic rings. The second-order valence-electron chi connectivity index (χ2n) is 6.84. The van der Waals surface area contributed by atoms with E-state index in [-0.39, 0.29) is 11.9 Å². The smallest absolute Gasteiger partial charge is 0.254 e. The topological polar surface area (TPSA) is 91.0 Å². The number of ether oxygens (including phenoxy) is 1. The molecule has 3 heterocycles. The molecule has 1 fully saturated rings. The van der Waals surface area contributed by atoms with Crippen molar-refractivity contribution in [2.24, 2.45) is 0 Å². The molecular weight excluding hydrogens is 358 g/mol. The van der Waals surface area contributed by atoms with Crippen molar-refractivity contribution in [1.29, 1.82) is 0 Å². The Morgan fingerprint density at radius 3 is 2.64 bits per heavy atom. The Hall–Kier alpha value is -3.23. The molecule has 1 saturated heterocycles. The number of rotatable bonds is 8. The van der Waals surface area contributed by atoms with E-state index in [0.29, 0.717) is 31.8 Å². The van der Waals surface area contributed by atoms with Crippen molar-refractivity contribution < 1.29 is 9.53 Å². The average Bonchev–Trinajstić information content (AvgIpc) is 3.34. The number of aromatic nitrogens is 6. The zero-order chi connectivity index (χ0) is 19.3. The van der Waals surface area contributed by atoms with E-state index in [9.17, 15) is 4.79 Å². The van der Waals surface area contributed by atoms with E-state index < -0.39 is 0 Å². The summed E-state index contributed by atoms with van der Waals surface area (Å²) >= 11 is 0. The predicted molar refractivity (Wildman–Crippen MR) is 101 cm³/mol. The summed E-state index contributed by atoms with van der Waals surface area (Å²) in [7, 11) is 0. The standard InChI is InChI=1S/C19H23N7O2/c1-2-3-10-28-18-6-4-15(5-7-18)19(27)24-13-17(14-24)25-11-16(22-23-25)12-26-20-8-9-21-26/h4-9,11,17H,2-3,10,12-14H2,1H3. The van der Waals surface area contributed by atoms with E-state index in [2.05, 4.69) is 27.4 Å². The second kappa shape index (κ2) is 8.20. The Balaban J connectivity index is 1.28. The summed E-state index contributed by atoms with van der Waals surface area (Å²) in [6, 6.07) is 7.50. The van der Waals surface area contributed by atoms with Crippen molar-refractivity contribution in [1.82, 2.24) is 34.9 Å². The van der Waals surface area contributed by atoms with Crippen LogP contribution in [-0.4, -0.2) is 60.5 Å². The van der Waals surface area contributed by atoms with Gasteiger partial charge in [0.15, 0.2) is 0 Å². The Morgan fingerprint density at radius 2 is 1.93 bits per heavy atom. The molecule has 1 aromatic carbocycles. The number of carbonyl (C=O) groups excluding carboxylic acids is 1. The van der Waals surface area contributed by atoms with Crippen LogP contribution in [0.25, 0.3) is 0 Å². The van der Waals surface area contributed by atoms with Gasteiger partial charge in [-0.15, -0.1) is 5.10 Å². The maximum Gasteiger partial charge on any atom is 0.254 e. The van der Waals surface area contributed by atoms with Gasteiger partial charge in [-0.3, -0.25) is 4.79 Å². The molecule has 28 heavy (non-hydrogen) atoms. The molecule has 0 atom stereocenters. The molecule has 0 unspecified atom stereocenters. The van der Waals surface area contributed by atoms with Gasteiger partial charge in [0.25, 0.3) is 5.91 Å². The molecule has 0 bridgehead atoms. The van der Waals surface area contributed by atoms with Gasteiger partial charge < -0.3 is 9.64 Å². The Bertz CT molecular complexity index is 899. The summed E-state index contributed by atoms with van der Waals surface area (Å²) < 4.78 is 7.46. The molecule has 0 saturated carbocycles. The van der Waals surface area contributed by atoms with Gasteiger partial charge in [-0.2, -0.15) is 15.0 Å². The molecule has 3 aromatic rings. The lowest BCUT2D eigenvalue weighted by atomic mass is 10.1. The highest BCUT2D eigenvalue weighted by Gasteiger charge is 2.33. The third-order valence-electron chi connectivity index (χ3n) is 4.72. The van der Waals surface area contributed by atoms with Crippen molar-refractivity contribution in [3.8, 4) is 5.75 Å². The maximum atomic E-state index is 12.6. The number of amides is 1. The van der Waals surface area contributed by atoms with Crippen molar-refractivity contribution in [3.05, 3.63) is 54.1 Å². The third kappa shape index (κ3) is 4.03. The van der Waals surface area contributed by atoms with Crippen LogP contribution < -0.4 is 4.74 Å². The molecule has 1 amide bonds. The number of hydrogen-bond acceptors (Lipinski definition) is 6. The van der Waals surface area contributed by atoms with Crippen molar-refractivity contribution >= 4 is 5.91 Å². The number of nitrogens with zero attached hydrogens (tertiary/aromatic N) is 7. The van der Waals surface area contributed by atoms with E-state index in [1.807, 2.05) is 40.0 Å². The fourth-order valence-electron chi connectivity index (χ4n) is 3.03. The zero-order valence-corrected chi connectivity index (χ0v) is 15.8. The van der Waals surface area contributed by atoms with Crippen LogP contribution in [0.4, 0.5) is 0 Å². The predicted octanol–water partition coefficient (Wildman–Crippen LogP) is 1.79. The summed E-state index contributed by atoms with van der Waals surface area (Å²) in [6.07, 6.45) is 7.27. The highest BCUT2D eigenvalue weighted by atomic mass is 16.5. The van der Waals surface area contributed by atoms with Crippen molar-refractivity contribution in [2.45, 2.75) is 32.4 Å². The van der Waals surface area contributed by atoms with Crippen molar-refractivity contribution in [3.63, 3.8) is 0 Å². The van der Waals surface area contributed by atoms with Crippen LogP contribution in [0.5, 0.6) is 5.75 Å². The van der Waals surface area contributed by atoms with E-state index in [1.54, 1.807) is 17.2 Å². The molecule has 0 radical (unpaired) electrons. The minimum absolute atomic E-state index is 0.0254. The number of carbonyl (C=O) groups is 1. The van der Waals surface area contributed by atoms with Gasteiger partial charge in [0, 0.05) is 18.7 Å². The first-order valence-electron chi connectivity index (χ1n) is 9.50. The molecule has 0 N–H and O–H groups in total. The number of benzene rings is 1. The normalized spacial score (nSPS) is 14.1. The molecule has 1 aliphatic heterocycles. The fraction of sp³-hybridized carbons (Fsp3) is 0.421. The summed E-state index contributed by atoms with van der Waals surface area (Å²) in [5.74, 6) is 0.825. The van der Waals surface area contributed by atoms with Crippen LogP contribution >= 0.6 is 0 Å². The Morgan fingerprint density at radius 1 is 1.18 bits per heavy atom. The van der Waals surface area contributed by atoms with E-state index in [1.165, 1.54) is 0 Å². The molecule has 146 valence electrons. The van der Waals surface area contributed by atoms with Crippen LogP contribution in [0, 0.1) is 0 Å². The zero-order valence-electron chi connectivity index (χ0n) is 15.8. The monoisotopic (exact) mass is 381 g/mol. The molecule has 9 heteroatoms. The Kier molecular flexibility index (Phi) is 5.31. The first-order valence-corrected chi connectivity index (χ1v) is 9.50. The summed E-state index contributed by atoms with van der Waals surface area (Å²) in [5.41, 5.74) is 1.46. The van der Waals surface area contributed by atoms with Gasteiger partial charge in [-0.1, -0.05) is 18.6 Å². The van der Waals surface area contributed by atoms with E-state index in [0.717, 1.165) is 24.3 Å². The number of unbranched alkanes of at least 4 members (excludes halogenated alkanes) is 1. The molecule has 0 aliphatic carbocycles. The van der Waals surface area contributed by atoms with Gasteiger partial charge in [-0.25, -0.2) is 4.68 Å². The van der Waals surface area contributed by atoms with Gasteiger partial charge in [-0.05, 0) is 30.7 Å².